The molecule has 4 heteroatoms. The summed E-state index contributed by atoms with van der Waals surface area (Å²) in [5.41, 5.74) is 2.03. The fourth-order valence-corrected chi connectivity index (χ4v) is 9.42. The predicted octanol–water partition coefficient (Wildman–Crippen LogP) is 6.50. The first-order valence-corrected chi connectivity index (χ1v) is 15.3. The lowest BCUT2D eigenvalue weighted by Crippen LogP contribution is -2.62. The molecule has 2 aliphatic heterocycles. The summed E-state index contributed by atoms with van der Waals surface area (Å²) in [7, 11) is 0. The zero-order valence-corrected chi connectivity index (χ0v) is 23.4. The van der Waals surface area contributed by atoms with E-state index in [1.54, 1.807) is 0 Å². The second-order valence-corrected chi connectivity index (χ2v) is 13.3. The molecule has 2 heterocycles. The third-order valence-electron chi connectivity index (χ3n) is 11.6. The Morgan fingerprint density at radius 3 is 2.37 bits per heavy atom. The van der Waals surface area contributed by atoms with Gasteiger partial charge in [0, 0.05) is 17.4 Å². The van der Waals surface area contributed by atoms with Gasteiger partial charge in [0.15, 0.2) is 6.29 Å². The van der Waals surface area contributed by atoms with Crippen molar-refractivity contribution in [1.82, 2.24) is 9.80 Å². The van der Waals surface area contributed by atoms with Crippen LogP contribution >= 0.6 is 0 Å². The molecular formula is C31H54N2O2. The molecule has 3 saturated carbocycles. The van der Waals surface area contributed by atoms with Gasteiger partial charge in [-0.2, -0.15) is 0 Å². The van der Waals surface area contributed by atoms with Crippen LogP contribution in [0, 0.1) is 28.6 Å². The molecule has 2 unspecified atom stereocenters. The molecule has 6 atom stereocenters. The van der Waals surface area contributed by atoms with Crippen LogP contribution in [0.2, 0.25) is 0 Å². The number of likely N-dealkylation sites (tertiary alicyclic amines) is 1. The first-order chi connectivity index (χ1) is 16.9. The predicted molar refractivity (Wildman–Crippen MR) is 144 cm³/mol. The second kappa shape index (κ2) is 10.8. The number of allylic oxidation sites excluding steroid dienone is 1. The lowest BCUT2D eigenvalue weighted by Gasteiger charge is -2.63. The normalized spacial score (nSPS) is 41.8. The van der Waals surface area contributed by atoms with Gasteiger partial charge in [0.1, 0.15) is 0 Å². The molecule has 0 N–H and O–H groups in total. The number of piperidine rings is 1. The standard InChI is InChI=1S/C31H54N2O2/c1-6-33(7-2)25-15-19-32(20-16-25)21-17-26-23(3)12-13-27-30(26,4)18-14-28-31(27,5)22-34-29(35-28)24-10-8-9-11-24/h24-29H,3,6-22H2,1-2,4-5H3/t26-,27?,28-,29?,30+,31+/m1/s1. The topological polar surface area (TPSA) is 24.9 Å². The summed E-state index contributed by atoms with van der Waals surface area (Å²) in [5.74, 6) is 1.96. The summed E-state index contributed by atoms with van der Waals surface area (Å²) < 4.78 is 13.3. The van der Waals surface area contributed by atoms with Gasteiger partial charge in [0.2, 0.25) is 0 Å². The highest BCUT2D eigenvalue weighted by atomic mass is 16.7. The van der Waals surface area contributed by atoms with E-state index in [1.165, 1.54) is 109 Å². The van der Waals surface area contributed by atoms with Crippen LogP contribution in [0.5, 0.6) is 0 Å². The van der Waals surface area contributed by atoms with E-state index in [4.69, 9.17) is 9.47 Å². The summed E-state index contributed by atoms with van der Waals surface area (Å²) in [6.45, 7) is 21.5. The van der Waals surface area contributed by atoms with Crippen molar-refractivity contribution in [2.45, 2.75) is 117 Å². The highest BCUT2D eigenvalue weighted by molar-refractivity contribution is 5.18. The first kappa shape index (κ1) is 26.2. The zero-order valence-electron chi connectivity index (χ0n) is 23.4. The van der Waals surface area contributed by atoms with Gasteiger partial charge < -0.3 is 19.3 Å². The van der Waals surface area contributed by atoms with Crippen molar-refractivity contribution in [3.05, 3.63) is 12.2 Å². The minimum atomic E-state index is 0.0635. The van der Waals surface area contributed by atoms with Crippen molar-refractivity contribution in [3.8, 4) is 0 Å². The van der Waals surface area contributed by atoms with Gasteiger partial charge in [-0.1, -0.05) is 52.7 Å². The maximum Gasteiger partial charge on any atom is 0.160 e. The van der Waals surface area contributed by atoms with E-state index in [0.29, 0.717) is 29.3 Å². The SMILES string of the molecule is C=C1CCC2[C@]3(C)COC(C4CCCC4)O[C@@H]3CC[C@@]2(C)[C@@H]1CCN1CCC(N(CC)CC)CC1. The molecule has 4 nitrogen and oxygen atoms in total. The Labute approximate surface area is 216 Å². The van der Waals surface area contributed by atoms with Gasteiger partial charge in [0.05, 0.1) is 12.7 Å². The molecule has 0 radical (unpaired) electrons. The van der Waals surface area contributed by atoms with Gasteiger partial charge in [0.25, 0.3) is 0 Å². The molecule has 0 aromatic rings. The highest BCUT2D eigenvalue weighted by Gasteiger charge is 2.60. The Bertz CT molecular complexity index is 723. The second-order valence-electron chi connectivity index (χ2n) is 13.3. The quantitative estimate of drug-likeness (QED) is 0.383. The van der Waals surface area contributed by atoms with Crippen molar-refractivity contribution in [2.75, 3.05) is 39.3 Å². The van der Waals surface area contributed by atoms with Crippen molar-refractivity contribution in [3.63, 3.8) is 0 Å². The molecule has 5 aliphatic rings. The smallest absolute Gasteiger partial charge is 0.160 e. The average molecular weight is 487 g/mol. The van der Waals surface area contributed by atoms with Crippen molar-refractivity contribution in [1.29, 1.82) is 0 Å². The Hall–Kier alpha value is -0.420. The largest absolute Gasteiger partial charge is 0.352 e. The van der Waals surface area contributed by atoms with Crippen molar-refractivity contribution in [2.24, 2.45) is 28.6 Å². The molecule has 200 valence electrons. The molecule has 35 heavy (non-hydrogen) atoms. The van der Waals surface area contributed by atoms with Crippen LogP contribution < -0.4 is 0 Å². The maximum atomic E-state index is 6.78. The summed E-state index contributed by atoms with van der Waals surface area (Å²) >= 11 is 0. The summed E-state index contributed by atoms with van der Waals surface area (Å²) in [6, 6.07) is 0.794. The Kier molecular flexibility index (Phi) is 8.05. The minimum absolute atomic E-state index is 0.0635. The third-order valence-corrected chi connectivity index (χ3v) is 11.6. The van der Waals surface area contributed by atoms with Crippen LogP contribution in [0.4, 0.5) is 0 Å². The van der Waals surface area contributed by atoms with E-state index in [-0.39, 0.29) is 11.7 Å². The number of rotatable bonds is 7. The van der Waals surface area contributed by atoms with Gasteiger partial charge in [-0.25, -0.2) is 0 Å². The first-order valence-electron chi connectivity index (χ1n) is 15.3. The minimum Gasteiger partial charge on any atom is -0.352 e. The average Bonchev–Trinajstić information content (AvgIpc) is 3.40. The molecule has 3 aliphatic carbocycles. The van der Waals surface area contributed by atoms with Gasteiger partial charge in [-0.15, -0.1) is 0 Å². The van der Waals surface area contributed by atoms with Gasteiger partial charge in [-0.3, -0.25) is 0 Å². The van der Waals surface area contributed by atoms with E-state index in [2.05, 4.69) is 44.1 Å². The number of ether oxygens (including phenoxy) is 2. The van der Waals surface area contributed by atoms with Crippen LogP contribution in [0.15, 0.2) is 12.2 Å². The molecular weight excluding hydrogens is 432 g/mol. The van der Waals surface area contributed by atoms with E-state index in [0.717, 1.165) is 12.6 Å². The van der Waals surface area contributed by atoms with Gasteiger partial charge in [-0.05, 0) is 108 Å². The zero-order chi connectivity index (χ0) is 24.6. The Morgan fingerprint density at radius 1 is 0.971 bits per heavy atom. The maximum absolute atomic E-state index is 6.78. The number of nitrogens with zero attached hydrogens (tertiary/aromatic N) is 2. The lowest BCUT2D eigenvalue weighted by molar-refractivity contribution is -0.316. The molecule has 5 rings (SSSR count). The van der Waals surface area contributed by atoms with E-state index < -0.39 is 0 Å². The number of fused-ring (bicyclic) bond motifs is 3. The molecule has 0 bridgehead atoms. The number of hydrogen-bond donors (Lipinski definition) is 0. The van der Waals surface area contributed by atoms with E-state index in [9.17, 15) is 0 Å². The van der Waals surface area contributed by atoms with Crippen molar-refractivity contribution >= 4 is 0 Å². The lowest BCUT2D eigenvalue weighted by atomic mass is 9.46. The molecule has 0 amide bonds. The highest BCUT2D eigenvalue weighted by Crippen LogP contribution is 2.63. The molecule has 0 spiro atoms. The summed E-state index contributed by atoms with van der Waals surface area (Å²) in [5, 5.41) is 0. The Morgan fingerprint density at radius 2 is 1.69 bits per heavy atom. The molecule has 0 aromatic heterocycles. The van der Waals surface area contributed by atoms with Crippen LogP contribution in [0.3, 0.4) is 0 Å². The molecule has 0 aromatic carbocycles. The van der Waals surface area contributed by atoms with E-state index in [1.807, 2.05) is 0 Å². The monoisotopic (exact) mass is 486 g/mol. The molecule has 5 fully saturated rings. The number of hydrogen-bond acceptors (Lipinski definition) is 4. The van der Waals surface area contributed by atoms with Crippen LogP contribution in [-0.2, 0) is 9.47 Å². The Balaban J connectivity index is 1.21. The fraction of sp³-hybridized carbons (Fsp3) is 0.935. The third kappa shape index (κ3) is 4.91. The fourth-order valence-electron chi connectivity index (χ4n) is 9.42. The van der Waals surface area contributed by atoms with Crippen LogP contribution in [0.25, 0.3) is 0 Å². The summed E-state index contributed by atoms with van der Waals surface area (Å²) in [4.78, 5) is 5.42. The van der Waals surface area contributed by atoms with Crippen LogP contribution in [-0.4, -0.2) is 67.6 Å². The van der Waals surface area contributed by atoms with Crippen LogP contribution in [0.1, 0.15) is 98.3 Å². The van der Waals surface area contributed by atoms with E-state index >= 15 is 0 Å². The summed E-state index contributed by atoms with van der Waals surface area (Å²) in [6.07, 6.45) is 14.7. The van der Waals surface area contributed by atoms with Crippen molar-refractivity contribution < 1.29 is 9.47 Å². The van der Waals surface area contributed by atoms with Gasteiger partial charge >= 0.3 is 0 Å². The molecule has 2 saturated heterocycles.